The Hall–Kier alpha value is -4.22. The van der Waals surface area contributed by atoms with Gasteiger partial charge in [-0.05, 0) is 25.5 Å². The number of carbonyl (C=O) groups is 3. The lowest BCUT2D eigenvalue weighted by Gasteiger charge is -2.34. The number of thiophene rings is 1. The van der Waals surface area contributed by atoms with Crippen LogP contribution in [0.5, 0.6) is 5.75 Å². The van der Waals surface area contributed by atoms with Crippen LogP contribution in [0.25, 0.3) is 6.08 Å². The Labute approximate surface area is 434 Å². The molecule has 3 heterocycles. The monoisotopic (exact) mass is 1080 g/mol. The van der Waals surface area contributed by atoms with Gasteiger partial charge in [0.2, 0.25) is 23.3 Å². The highest BCUT2D eigenvalue weighted by molar-refractivity contribution is 7.13. The molecule has 0 aliphatic carbocycles. The van der Waals surface area contributed by atoms with E-state index in [4.69, 9.17) is 57.9 Å². The molecule has 1 aromatic carbocycles. The first-order valence-electron chi connectivity index (χ1n) is 24.9. The Bertz CT molecular complexity index is 1980. The van der Waals surface area contributed by atoms with Gasteiger partial charge in [-0.1, -0.05) is 6.92 Å². The second-order valence-electron chi connectivity index (χ2n) is 16.3. The molecule has 1 aromatic heterocycles. The summed E-state index contributed by atoms with van der Waals surface area (Å²) in [6.07, 6.45) is 2.85. The summed E-state index contributed by atoms with van der Waals surface area (Å²) in [6.45, 7) is 15.1. The minimum absolute atomic E-state index is 0.0158. The molecule has 0 unspecified atom stereocenters. The van der Waals surface area contributed by atoms with Gasteiger partial charge < -0.3 is 62.7 Å². The largest absolute Gasteiger partial charge is 0.420 e. The summed E-state index contributed by atoms with van der Waals surface area (Å²) in [7, 11) is 0. The van der Waals surface area contributed by atoms with Crippen molar-refractivity contribution in [3.8, 4) is 5.75 Å². The smallest absolute Gasteiger partial charge is 0.313 e. The lowest BCUT2D eigenvalue weighted by atomic mass is 10.1. The van der Waals surface area contributed by atoms with E-state index in [-0.39, 0.29) is 50.7 Å². The maximum Gasteiger partial charge on any atom is 0.313 e. The highest BCUT2D eigenvalue weighted by atomic mass is 32.1. The molecule has 20 nitrogen and oxygen atoms in total. The van der Waals surface area contributed by atoms with Crippen LogP contribution in [0.2, 0.25) is 0 Å². The van der Waals surface area contributed by atoms with Crippen molar-refractivity contribution in [2.45, 2.75) is 46.1 Å². The fourth-order valence-corrected chi connectivity index (χ4v) is 8.04. The van der Waals surface area contributed by atoms with Crippen LogP contribution in [0, 0.1) is 23.3 Å². The van der Waals surface area contributed by atoms with E-state index in [1.54, 1.807) is 11.3 Å². The average Bonchev–Trinajstić information content (AvgIpc) is 3.67. The zero-order valence-corrected chi connectivity index (χ0v) is 43.4. The quantitative estimate of drug-likeness (QED) is 0.0243. The van der Waals surface area contributed by atoms with Crippen molar-refractivity contribution in [3.05, 3.63) is 50.7 Å². The number of nitrogens with zero attached hydrogens (tertiary/aromatic N) is 4. The fourth-order valence-electron chi connectivity index (χ4n) is 6.93. The van der Waals surface area contributed by atoms with Crippen LogP contribution >= 0.6 is 11.3 Å². The Morgan fingerprint density at radius 2 is 1.08 bits per heavy atom. The van der Waals surface area contributed by atoms with Crippen molar-refractivity contribution < 1.29 is 88.9 Å². The number of aliphatic imine (C=N–C) groups is 1. The van der Waals surface area contributed by atoms with Gasteiger partial charge in [0.15, 0.2) is 11.6 Å². The molecular weight excluding hydrogens is 1010 g/mol. The number of piperazine rings is 1. The molecule has 4 rings (SSSR count). The van der Waals surface area contributed by atoms with Gasteiger partial charge >= 0.3 is 5.97 Å². The molecule has 2 amide bonds. The van der Waals surface area contributed by atoms with Crippen LogP contribution in [0.3, 0.4) is 0 Å². The number of hydroxylamine groups is 2. The van der Waals surface area contributed by atoms with Crippen LogP contribution in [0.1, 0.15) is 49.3 Å². The van der Waals surface area contributed by atoms with Crippen LogP contribution < -0.4 is 10.5 Å². The third kappa shape index (κ3) is 24.6. The molecule has 2 aliphatic rings. The van der Waals surface area contributed by atoms with Crippen LogP contribution in [-0.2, 0) is 73.1 Å². The van der Waals surface area contributed by atoms with Crippen molar-refractivity contribution in [1.29, 1.82) is 0 Å². The van der Waals surface area contributed by atoms with Gasteiger partial charge in [0.25, 0.3) is 5.91 Å². The number of nitrogens with two attached hydrogens (primary N) is 1. The summed E-state index contributed by atoms with van der Waals surface area (Å²) in [5.41, 5.74) is 7.54. The number of carbonyl (C=O) groups excluding carboxylic acids is 3. The topological polar surface area (TPSA) is 210 Å². The zero-order valence-electron chi connectivity index (χ0n) is 42.6. The maximum absolute atomic E-state index is 13.6. The summed E-state index contributed by atoms with van der Waals surface area (Å²) < 4.78 is 113. The van der Waals surface area contributed by atoms with Crippen molar-refractivity contribution in [2.24, 2.45) is 10.7 Å². The second-order valence-corrected chi connectivity index (χ2v) is 17.5. The third-order valence-corrected chi connectivity index (χ3v) is 11.7. The van der Waals surface area contributed by atoms with Gasteiger partial charge in [0, 0.05) is 62.2 Å². The Morgan fingerprint density at radius 3 is 1.53 bits per heavy atom. The molecule has 418 valence electrons. The van der Waals surface area contributed by atoms with E-state index in [1.165, 1.54) is 5.06 Å². The summed E-state index contributed by atoms with van der Waals surface area (Å²) in [5, 5.41) is 1.41. The van der Waals surface area contributed by atoms with Crippen LogP contribution in [0.15, 0.2) is 22.7 Å². The first-order chi connectivity index (χ1) is 36.0. The fraction of sp³-hybridized carbons (Fsp3) is 0.673. The number of hydrogen-bond acceptors (Lipinski definition) is 19. The molecule has 74 heavy (non-hydrogen) atoms. The molecule has 1 saturated heterocycles. The second kappa shape index (κ2) is 37.5. The van der Waals surface area contributed by atoms with Gasteiger partial charge in [-0.25, -0.2) is 18.8 Å². The van der Waals surface area contributed by atoms with Crippen molar-refractivity contribution in [2.75, 3.05) is 171 Å². The van der Waals surface area contributed by atoms with E-state index in [0.717, 1.165) is 41.5 Å². The Morgan fingerprint density at radius 1 is 0.635 bits per heavy atom. The van der Waals surface area contributed by atoms with E-state index < -0.39 is 41.4 Å². The van der Waals surface area contributed by atoms with E-state index in [0.29, 0.717) is 150 Å². The van der Waals surface area contributed by atoms with Gasteiger partial charge in [-0.3, -0.25) is 24.1 Å². The molecular formula is C49H73F4N5O15S. The molecule has 2 aromatic rings. The lowest BCUT2D eigenvalue weighted by molar-refractivity contribution is -0.180. The summed E-state index contributed by atoms with van der Waals surface area (Å²) in [4.78, 5) is 54.2. The molecule has 0 bridgehead atoms. The number of amides is 2. The van der Waals surface area contributed by atoms with E-state index in [2.05, 4.69) is 14.6 Å². The number of rotatable bonds is 41. The number of fused-ring (bicyclic) bond motifs is 1. The summed E-state index contributed by atoms with van der Waals surface area (Å²) in [5.74, 6) is -9.24. The molecule has 2 aliphatic heterocycles. The minimum atomic E-state index is -1.80. The standard InChI is InChI=1S/C49H73F4N5O15S/c1-3-7-58(72-4-2)49(61)37-32-42-41(55-43(54)33-37)34-38(74-42)36-56-8-10-57(11-9-56)44(59)5-12-62-14-16-64-18-20-66-22-24-68-26-28-70-30-31-71-29-27-69-25-23-67-21-19-65-17-15-63-13-6-45(60)73-48-46(52)39(50)35-40(51)47(48)53/h32,34-35H,3-31,33,36H2,1-2H3,(H2,54,55). The van der Waals surface area contributed by atoms with E-state index in [1.807, 2.05) is 30.9 Å². The Kier molecular flexibility index (Phi) is 31.6. The molecule has 0 radical (unpaired) electrons. The van der Waals surface area contributed by atoms with Crippen LogP contribution in [-0.4, -0.2) is 210 Å². The first kappa shape index (κ1) is 62.3. The molecule has 0 spiro atoms. The normalized spacial score (nSPS) is 13.9. The van der Waals surface area contributed by atoms with Crippen molar-refractivity contribution >= 4 is 46.7 Å². The minimum Gasteiger partial charge on any atom is -0.420 e. The number of halogens is 4. The SMILES string of the molecule is CCCN(OCC)C(=O)C1=Cc2sc(CN3CCN(C(=O)CCOCCOCCOCCOCCOCCOCCOCCOCCOCCOCCC(=O)Oc4c(F)c(F)cc(F)c4F)CC3)cc2N=C(N)C1. The van der Waals surface area contributed by atoms with Gasteiger partial charge in [-0.15, -0.1) is 11.3 Å². The maximum atomic E-state index is 13.6. The third-order valence-electron chi connectivity index (χ3n) is 10.6. The number of benzene rings is 1. The van der Waals surface area contributed by atoms with E-state index in [9.17, 15) is 31.9 Å². The van der Waals surface area contributed by atoms with Gasteiger partial charge in [0.05, 0.1) is 162 Å². The molecule has 0 saturated carbocycles. The van der Waals surface area contributed by atoms with Gasteiger partial charge in [0.1, 0.15) is 5.84 Å². The molecule has 1 fully saturated rings. The van der Waals surface area contributed by atoms with E-state index >= 15 is 0 Å². The summed E-state index contributed by atoms with van der Waals surface area (Å²) >= 11 is 1.60. The number of esters is 1. The Balaban J connectivity index is 0.837. The van der Waals surface area contributed by atoms with Crippen LogP contribution in [0.4, 0.5) is 23.2 Å². The lowest BCUT2D eigenvalue weighted by Crippen LogP contribution is -2.48. The number of amidine groups is 1. The zero-order chi connectivity index (χ0) is 53.2. The highest BCUT2D eigenvalue weighted by Crippen LogP contribution is 2.36. The first-order valence-corrected chi connectivity index (χ1v) is 25.7. The predicted octanol–water partition coefficient (Wildman–Crippen LogP) is 4.47. The van der Waals surface area contributed by atoms with Crippen molar-refractivity contribution in [3.63, 3.8) is 0 Å². The predicted molar refractivity (Wildman–Crippen MR) is 263 cm³/mol. The average molecular weight is 1080 g/mol. The molecule has 2 N–H and O–H groups in total. The van der Waals surface area contributed by atoms with Gasteiger partial charge in [-0.2, -0.15) is 8.78 Å². The summed E-state index contributed by atoms with van der Waals surface area (Å²) in [6, 6.07) is 2.05. The van der Waals surface area contributed by atoms with Crippen molar-refractivity contribution in [1.82, 2.24) is 14.9 Å². The number of hydrogen-bond donors (Lipinski definition) is 1. The number of ether oxygens (including phenoxy) is 11. The molecule has 0 atom stereocenters. The highest BCUT2D eigenvalue weighted by Gasteiger charge is 2.26. The molecule has 25 heteroatoms.